The lowest BCUT2D eigenvalue weighted by Crippen LogP contribution is -2.42. The van der Waals surface area contributed by atoms with Gasteiger partial charge in [0.25, 0.3) is 11.5 Å². The van der Waals surface area contributed by atoms with Crippen LogP contribution in [0.25, 0.3) is 10.9 Å². The molecule has 0 radical (unpaired) electrons. The van der Waals surface area contributed by atoms with E-state index in [0.29, 0.717) is 13.1 Å². The predicted octanol–water partition coefficient (Wildman–Crippen LogP) is 0.811. The summed E-state index contributed by atoms with van der Waals surface area (Å²) >= 11 is 0. The molecule has 0 unspecified atom stereocenters. The fourth-order valence-electron chi connectivity index (χ4n) is 2.83. The number of carbonyl (C=O) groups excluding carboxylic acids is 1. The number of fused-ring (bicyclic) bond motifs is 1. The van der Waals surface area contributed by atoms with Gasteiger partial charge >= 0.3 is 5.69 Å². The molecule has 0 saturated carbocycles. The maximum Gasteiger partial charge on any atom is 0.331 e. The van der Waals surface area contributed by atoms with Gasteiger partial charge < -0.3 is 9.47 Å². The molecule has 3 aromatic rings. The Kier molecular flexibility index (Phi) is 4.31. The molecule has 7 heteroatoms. The van der Waals surface area contributed by atoms with Gasteiger partial charge in [-0.3, -0.25) is 18.7 Å². The Morgan fingerprint density at radius 3 is 2.56 bits per heavy atom. The second-order valence-electron chi connectivity index (χ2n) is 6.06. The van der Waals surface area contributed by atoms with Crippen molar-refractivity contribution in [1.29, 1.82) is 0 Å². The maximum atomic E-state index is 12.6. The largest absolute Gasteiger partial charge is 0.346 e. The lowest BCUT2D eigenvalue weighted by atomic mass is 10.2. The zero-order valence-corrected chi connectivity index (χ0v) is 14.5. The third-order valence-corrected chi connectivity index (χ3v) is 4.45. The van der Waals surface area contributed by atoms with Crippen LogP contribution in [0.15, 0.2) is 52.2 Å². The summed E-state index contributed by atoms with van der Waals surface area (Å²) in [4.78, 5) is 37.9. The molecule has 0 atom stereocenters. The summed E-state index contributed by atoms with van der Waals surface area (Å²) in [5.74, 6) is -0.353. The van der Waals surface area contributed by atoms with E-state index in [4.69, 9.17) is 0 Å². The molecule has 0 bridgehead atoms. The van der Waals surface area contributed by atoms with Crippen molar-refractivity contribution in [3.63, 3.8) is 0 Å². The van der Waals surface area contributed by atoms with Crippen LogP contribution >= 0.6 is 0 Å². The van der Waals surface area contributed by atoms with Gasteiger partial charge in [-0.25, -0.2) is 4.79 Å². The third-order valence-electron chi connectivity index (χ3n) is 4.45. The Hall–Kier alpha value is -3.09. The maximum absolute atomic E-state index is 12.6. The lowest BCUT2D eigenvalue weighted by molar-refractivity contribution is 0.0779. The van der Waals surface area contributed by atoms with Crippen LogP contribution in [0.3, 0.4) is 0 Å². The van der Waals surface area contributed by atoms with Crippen LogP contribution in [0.1, 0.15) is 10.5 Å². The average Bonchev–Trinajstić information content (AvgIpc) is 3.03. The van der Waals surface area contributed by atoms with Crippen molar-refractivity contribution >= 4 is 16.8 Å². The number of likely N-dealkylation sites (N-methyl/N-ethyl adjacent to an activating group) is 1. The van der Waals surface area contributed by atoms with Crippen LogP contribution in [-0.4, -0.2) is 38.1 Å². The monoisotopic (exact) mass is 340 g/mol. The van der Waals surface area contributed by atoms with Gasteiger partial charge in [-0.05, 0) is 17.5 Å². The van der Waals surface area contributed by atoms with Gasteiger partial charge in [0.1, 0.15) is 5.69 Å². The average molecular weight is 340 g/mol. The molecule has 1 amide bonds. The minimum Gasteiger partial charge on any atom is -0.346 e. The van der Waals surface area contributed by atoms with E-state index in [1.165, 1.54) is 29.6 Å². The van der Waals surface area contributed by atoms with Crippen LogP contribution in [0.2, 0.25) is 0 Å². The summed E-state index contributed by atoms with van der Waals surface area (Å²) in [7, 11) is 4.54. The minimum atomic E-state index is -0.513. The number of carbonyl (C=O) groups is 1. The van der Waals surface area contributed by atoms with Crippen molar-refractivity contribution < 1.29 is 4.79 Å². The highest BCUT2D eigenvalue weighted by Crippen LogP contribution is 2.15. The summed E-state index contributed by atoms with van der Waals surface area (Å²) in [5.41, 5.74) is 0.189. The molecule has 0 aliphatic rings. The summed E-state index contributed by atoms with van der Waals surface area (Å²) in [5, 5.41) is 1.14. The first-order chi connectivity index (χ1) is 11.9. The molecule has 0 aliphatic heterocycles. The topological polar surface area (TPSA) is 69.2 Å². The molecule has 1 aromatic carbocycles. The highest BCUT2D eigenvalue weighted by Gasteiger charge is 2.17. The number of benzene rings is 1. The molecule has 0 spiro atoms. The Labute approximate surface area is 144 Å². The third kappa shape index (κ3) is 3.00. The van der Waals surface area contributed by atoms with Gasteiger partial charge in [0.05, 0.1) is 0 Å². The Bertz CT molecular complexity index is 1060. The molecular weight excluding hydrogens is 320 g/mol. The zero-order valence-electron chi connectivity index (χ0n) is 14.5. The SMILES string of the molecule is CN(CCn1ccc2ccccc21)C(=O)c1cc(=O)n(C)c(=O)n1C. The van der Waals surface area contributed by atoms with Crippen molar-refractivity contribution in [2.45, 2.75) is 6.54 Å². The molecule has 0 N–H and O–H groups in total. The Morgan fingerprint density at radius 1 is 1.08 bits per heavy atom. The first kappa shape index (κ1) is 16.8. The van der Waals surface area contributed by atoms with E-state index in [-0.39, 0.29) is 11.6 Å². The normalized spacial score (nSPS) is 11.0. The fourth-order valence-corrected chi connectivity index (χ4v) is 2.83. The highest BCUT2D eigenvalue weighted by molar-refractivity contribution is 5.92. The zero-order chi connectivity index (χ0) is 18.1. The minimum absolute atomic E-state index is 0.0907. The van der Waals surface area contributed by atoms with Crippen molar-refractivity contribution in [2.24, 2.45) is 14.1 Å². The number of nitrogens with zero attached hydrogens (tertiary/aromatic N) is 4. The van der Waals surface area contributed by atoms with Crippen molar-refractivity contribution in [2.75, 3.05) is 13.6 Å². The first-order valence-corrected chi connectivity index (χ1v) is 7.96. The molecule has 2 aromatic heterocycles. The van der Waals surface area contributed by atoms with Crippen LogP contribution < -0.4 is 11.2 Å². The van der Waals surface area contributed by atoms with Gasteiger partial charge in [-0.1, -0.05) is 18.2 Å². The summed E-state index contributed by atoms with van der Waals surface area (Å²) in [6.45, 7) is 1.08. The van der Waals surface area contributed by atoms with Gasteiger partial charge in [-0.15, -0.1) is 0 Å². The second kappa shape index (κ2) is 6.43. The molecule has 3 rings (SSSR count). The van der Waals surface area contributed by atoms with Crippen LogP contribution in [0.5, 0.6) is 0 Å². The lowest BCUT2D eigenvalue weighted by Gasteiger charge is -2.19. The van der Waals surface area contributed by atoms with Gasteiger partial charge in [0.15, 0.2) is 0 Å². The van der Waals surface area contributed by atoms with Crippen molar-refractivity contribution in [1.82, 2.24) is 18.6 Å². The van der Waals surface area contributed by atoms with Gasteiger partial charge in [0, 0.05) is 52.0 Å². The first-order valence-electron chi connectivity index (χ1n) is 7.96. The van der Waals surface area contributed by atoms with E-state index >= 15 is 0 Å². The van der Waals surface area contributed by atoms with E-state index in [9.17, 15) is 14.4 Å². The number of hydrogen-bond donors (Lipinski definition) is 0. The number of hydrogen-bond acceptors (Lipinski definition) is 3. The van der Waals surface area contributed by atoms with Gasteiger partial charge in [0.2, 0.25) is 0 Å². The molecule has 0 aliphatic carbocycles. The molecule has 2 heterocycles. The second-order valence-corrected chi connectivity index (χ2v) is 6.06. The standard InChI is InChI=1S/C18H20N4O3/c1-19(10-11-22-9-8-13-6-4-5-7-14(13)22)17(24)15-12-16(23)21(3)18(25)20(15)2/h4-9,12H,10-11H2,1-3H3. The molecule has 0 fully saturated rings. The Morgan fingerprint density at radius 2 is 1.80 bits per heavy atom. The molecular formula is C18H20N4O3. The van der Waals surface area contributed by atoms with Crippen LogP contribution in [-0.2, 0) is 20.6 Å². The number of para-hydroxylation sites is 1. The van der Waals surface area contributed by atoms with E-state index in [1.807, 2.05) is 36.5 Å². The predicted molar refractivity (Wildman–Crippen MR) is 95.8 cm³/mol. The molecule has 7 nitrogen and oxygen atoms in total. The van der Waals surface area contributed by atoms with Crippen molar-refractivity contribution in [3.8, 4) is 0 Å². The van der Waals surface area contributed by atoms with Crippen LogP contribution in [0, 0.1) is 0 Å². The van der Waals surface area contributed by atoms with E-state index in [1.54, 1.807) is 7.05 Å². The van der Waals surface area contributed by atoms with Crippen LogP contribution in [0.4, 0.5) is 0 Å². The Balaban J connectivity index is 1.80. The molecule has 130 valence electrons. The highest BCUT2D eigenvalue weighted by atomic mass is 16.2. The number of aromatic nitrogens is 3. The van der Waals surface area contributed by atoms with E-state index in [2.05, 4.69) is 4.57 Å². The van der Waals surface area contributed by atoms with E-state index in [0.717, 1.165) is 15.5 Å². The summed E-state index contributed by atoms with van der Waals surface area (Å²) in [6, 6.07) is 11.3. The quantitative estimate of drug-likeness (QED) is 0.706. The fraction of sp³-hybridized carbons (Fsp3) is 0.278. The van der Waals surface area contributed by atoms with Gasteiger partial charge in [-0.2, -0.15) is 0 Å². The number of amides is 1. The van der Waals surface area contributed by atoms with E-state index < -0.39 is 11.2 Å². The van der Waals surface area contributed by atoms with Crippen molar-refractivity contribution in [3.05, 3.63) is 69.1 Å². The summed E-state index contributed by atoms with van der Waals surface area (Å²) in [6.07, 6.45) is 1.98. The number of rotatable bonds is 4. The molecule has 0 saturated heterocycles. The molecule has 25 heavy (non-hydrogen) atoms. The summed E-state index contributed by atoms with van der Waals surface area (Å²) < 4.78 is 4.25. The smallest absolute Gasteiger partial charge is 0.331 e.